The third-order valence-corrected chi connectivity index (χ3v) is 3.45. The minimum Gasteiger partial charge on any atom is -0.287 e. The van der Waals surface area contributed by atoms with Crippen molar-refractivity contribution >= 4 is 33.3 Å². The van der Waals surface area contributed by atoms with Crippen molar-refractivity contribution in [1.82, 2.24) is 9.78 Å². The SMILES string of the molecule is CCCn1nccc1C(=O)c1ccc(Cl)cc1Br. The van der Waals surface area contributed by atoms with Gasteiger partial charge in [0.05, 0.1) is 0 Å². The van der Waals surface area contributed by atoms with Gasteiger partial charge in [-0.2, -0.15) is 5.10 Å². The molecule has 2 rings (SSSR count). The van der Waals surface area contributed by atoms with Gasteiger partial charge in [0.25, 0.3) is 0 Å². The van der Waals surface area contributed by atoms with Crippen LogP contribution in [0.1, 0.15) is 29.4 Å². The average molecular weight is 328 g/mol. The van der Waals surface area contributed by atoms with Crippen LogP contribution in [-0.4, -0.2) is 15.6 Å². The van der Waals surface area contributed by atoms with E-state index < -0.39 is 0 Å². The monoisotopic (exact) mass is 326 g/mol. The maximum atomic E-state index is 12.4. The summed E-state index contributed by atoms with van der Waals surface area (Å²) in [7, 11) is 0. The number of aromatic nitrogens is 2. The van der Waals surface area contributed by atoms with E-state index in [1.165, 1.54) is 0 Å². The first kappa shape index (κ1) is 13.3. The van der Waals surface area contributed by atoms with E-state index in [2.05, 4.69) is 21.0 Å². The molecule has 5 heteroatoms. The zero-order valence-electron chi connectivity index (χ0n) is 9.86. The lowest BCUT2D eigenvalue weighted by atomic mass is 10.1. The zero-order chi connectivity index (χ0) is 13.1. The summed E-state index contributed by atoms with van der Waals surface area (Å²) in [5.74, 6) is -0.0514. The summed E-state index contributed by atoms with van der Waals surface area (Å²) in [6.07, 6.45) is 2.58. The van der Waals surface area contributed by atoms with Crippen LogP contribution >= 0.6 is 27.5 Å². The third-order valence-electron chi connectivity index (χ3n) is 2.56. The number of hydrogen-bond acceptors (Lipinski definition) is 2. The molecule has 1 aromatic carbocycles. The maximum Gasteiger partial charge on any atom is 0.212 e. The summed E-state index contributed by atoms with van der Waals surface area (Å²) in [6.45, 7) is 2.79. The van der Waals surface area contributed by atoms with Crippen molar-refractivity contribution in [2.24, 2.45) is 0 Å². The predicted molar refractivity (Wildman–Crippen MR) is 75.1 cm³/mol. The van der Waals surface area contributed by atoms with Gasteiger partial charge >= 0.3 is 0 Å². The minimum atomic E-state index is -0.0514. The van der Waals surface area contributed by atoms with E-state index >= 15 is 0 Å². The van der Waals surface area contributed by atoms with Crippen LogP contribution in [0.3, 0.4) is 0 Å². The van der Waals surface area contributed by atoms with Crippen LogP contribution in [0.4, 0.5) is 0 Å². The van der Waals surface area contributed by atoms with Gasteiger partial charge in [0, 0.05) is 27.8 Å². The van der Waals surface area contributed by atoms with Gasteiger partial charge in [-0.15, -0.1) is 0 Å². The summed E-state index contributed by atoms with van der Waals surface area (Å²) in [4.78, 5) is 12.4. The Bertz CT molecular complexity index is 580. The van der Waals surface area contributed by atoms with Crippen LogP contribution in [0, 0.1) is 0 Å². The van der Waals surface area contributed by atoms with Crippen molar-refractivity contribution in [3.05, 3.63) is 51.2 Å². The number of halogens is 2. The summed E-state index contributed by atoms with van der Waals surface area (Å²) >= 11 is 9.23. The summed E-state index contributed by atoms with van der Waals surface area (Å²) in [6, 6.07) is 6.88. The van der Waals surface area contributed by atoms with Gasteiger partial charge < -0.3 is 0 Å². The molecule has 0 aliphatic rings. The van der Waals surface area contributed by atoms with E-state index in [0.717, 1.165) is 13.0 Å². The molecule has 0 saturated carbocycles. The Morgan fingerprint density at radius 3 is 2.89 bits per heavy atom. The highest BCUT2D eigenvalue weighted by molar-refractivity contribution is 9.10. The number of rotatable bonds is 4. The fraction of sp³-hybridized carbons (Fsp3) is 0.231. The lowest BCUT2D eigenvalue weighted by molar-refractivity contribution is 0.102. The highest BCUT2D eigenvalue weighted by Crippen LogP contribution is 2.24. The Labute approximate surface area is 119 Å². The number of carbonyl (C=O) groups is 1. The van der Waals surface area contributed by atoms with Gasteiger partial charge in [-0.25, -0.2) is 0 Å². The normalized spacial score (nSPS) is 10.6. The second-order valence-electron chi connectivity index (χ2n) is 3.89. The highest BCUT2D eigenvalue weighted by Gasteiger charge is 2.16. The molecule has 0 amide bonds. The first-order valence-electron chi connectivity index (χ1n) is 5.65. The Morgan fingerprint density at radius 2 is 2.22 bits per heavy atom. The topological polar surface area (TPSA) is 34.9 Å². The second kappa shape index (κ2) is 5.67. The standard InChI is InChI=1S/C13H12BrClN2O/c1-2-7-17-12(5-6-16-17)13(18)10-4-3-9(15)8-11(10)14/h3-6,8H,2,7H2,1H3. The van der Waals surface area contributed by atoms with E-state index in [4.69, 9.17) is 11.6 Å². The number of carbonyl (C=O) groups excluding carboxylic acids is 1. The van der Waals surface area contributed by atoms with Crippen molar-refractivity contribution in [3.63, 3.8) is 0 Å². The molecule has 0 spiro atoms. The van der Waals surface area contributed by atoms with Gasteiger partial charge in [0.2, 0.25) is 5.78 Å². The molecule has 0 aliphatic heterocycles. The van der Waals surface area contributed by atoms with Crippen molar-refractivity contribution in [3.8, 4) is 0 Å². The van der Waals surface area contributed by atoms with Gasteiger partial charge in [0.1, 0.15) is 5.69 Å². The molecule has 0 unspecified atom stereocenters. The van der Waals surface area contributed by atoms with E-state index in [1.807, 2.05) is 6.92 Å². The van der Waals surface area contributed by atoms with Crippen LogP contribution in [0.25, 0.3) is 0 Å². The summed E-state index contributed by atoms with van der Waals surface area (Å²) < 4.78 is 2.42. The third kappa shape index (κ3) is 2.65. The van der Waals surface area contributed by atoms with E-state index in [1.54, 1.807) is 35.1 Å². The highest BCUT2D eigenvalue weighted by atomic mass is 79.9. The number of benzene rings is 1. The molecule has 0 atom stereocenters. The molecular formula is C13H12BrClN2O. The smallest absolute Gasteiger partial charge is 0.212 e. The molecule has 0 aliphatic carbocycles. The molecule has 0 bridgehead atoms. The van der Waals surface area contributed by atoms with Crippen molar-refractivity contribution in [2.75, 3.05) is 0 Å². The Kier molecular flexibility index (Phi) is 4.19. The molecule has 0 saturated heterocycles. The fourth-order valence-electron chi connectivity index (χ4n) is 1.73. The van der Waals surface area contributed by atoms with Crippen LogP contribution in [-0.2, 0) is 6.54 Å². The molecule has 18 heavy (non-hydrogen) atoms. The Hall–Kier alpha value is -1.13. The summed E-state index contributed by atoms with van der Waals surface area (Å²) in [5.41, 5.74) is 1.19. The Balaban J connectivity index is 2.38. The minimum absolute atomic E-state index is 0.0514. The zero-order valence-corrected chi connectivity index (χ0v) is 12.2. The van der Waals surface area contributed by atoms with Gasteiger partial charge in [-0.3, -0.25) is 9.48 Å². The van der Waals surface area contributed by atoms with Crippen molar-refractivity contribution < 1.29 is 4.79 Å². The first-order valence-corrected chi connectivity index (χ1v) is 6.82. The van der Waals surface area contributed by atoms with Crippen LogP contribution in [0.15, 0.2) is 34.9 Å². The van der Waals surface area contributed by atoms with Gasteiger partial charge in [-0.1, -0.05) is 18.5 Å². The predicted octanol–water partition coefficient (Wildman–Crippen LogP) is 3.94. The summed E-state index contributed by atoms with van der Waals surface area (Å²) in [5, 5.41) is 4.75. The van der Waals surface area contributed by atoms with Crippen LogP contribution < -0.4 is 0 Å². The number of aryl methyl sites for hydroxylation is 1. The van der Waals surface area contributed by atoms with Crippen LogP contribution in [0.2, 0.25) is 5.02 Å². The van der Waals surface area contributed by atoms with Crippen LogP contribution in [0.5, 0.6) is 0 Å². The fourth-order valence-corrected chi connectivity index (χ4v) is 2.59. The number of ketones is 1. The molecule has 0 radical (unpaired) electrons. The largest absolute Gasteiger partial charge is 0.287 e. The maximum absolute atomic E-state index is 12.4. The Morgan fingerprint density at radius 1 is 1.44 bits per heavy atom. The van der Waals surface area contributed by atoms with Crippen molar-refractivity contribution in [2.45, 2.75) is 19.9 Å². The average Bonchev–Trinajstić information content (AvgIpc) is 2.77. The molecular weight excluding hydrogens is 316 g/mol. The lowest BCUT2D eigenvalue weighted by Gasteiger charge is -2.07. The van der Waals surface area contributed by atoms with Crippen molar-refractivity contribution in [1.29, 1.82) is 0 Å². The molecule has 0 fully saturated rings. The molecule has 0 N–H and O–H groups in total. The molecule has 3 nitrogen and oxygen atoms in total. The number of hydrogen-bond donors (Lipinski definition) is 0. The quantitative estimate of drug-likeness (QED) is 0.797. The van der Waals surface area contributed by atoms with E-state index in [9.17, 15) is 4.79 Å². The molecule has 1 aromatic heterocycles. The van der Waals surface area contributed by atoms with E-state index in [-0.39, 0.29) is 5.78 Å². The molecule has 1 heterocycles. The van der Waals surface area contributed by atoms with Gasteiger partial charge in [0.15, 0.2) is 0 Å². The number of nitrogens with zero attached hydrogens (tertiary/aromatic N) is 2. The van der Waals surface area contributed by atoms with Gasteiger partial charge in [-0.05, 0) is 46.6 Å². The second-order valence-corrected chi connectivity index (χ2v) is 5.18. The molecule has 2 aromatic rings. The van der Waals surface area contributed by atoms with E-state index in [0.29, 0.717) is 20.8 Å². The lowest BCUT2D eigenvalue weighted by Crippen LogP contribution is -2.11. The first-order chi connectivity index (χ1) is 8.63. The molecule has 94 valence electrons.